The zero-order chi connectivity index (χ0) is 35.2. The number of nitrogens with zero attached hydrogens (tertiary/aromatic N) is 2. The molecule has 2 nitrogen and oxygen atoms in total. The summed E-state index contributed by atoms with van der Waals surface area (Å²) in [6.07, 6.45) is 38.4. The van der Waals surface area contributed by atoms with Gasteiger partial charge in [0.05, 0.1) is 22.8 Å². The van der Waals surface area contributed by atoms with Crippen LogP contribution in [0, 0.1) is 0 Å². The molecule has 0 saturated heterocycles. The van der Waals surface area contributed by atoms with Crippen molar-refractivity contribution in [1.29, 1.82) is 0 Å². The van der Waals surface area contributed by atoms with Crippen LogP contribution < -0.4 is 0 Å². The van der Waals surface area contributed by atoms with Crippen LogP contribution in [0.4, 0.5) is 11.4 Å². The highest BCUT2D eigenvalue weighted by atomic mass is 14.8. The number of aliphatic imine (C=N–C) groups is 2. The molecule has 2 aromatic rings. The molecule has 0 N–H and O–H groups in total. The molecule has 0 aliphatic carbocycles. The average Bonchev–Trinajstić information content (AvgIpc) is 3.12. The first-order chi connectivity index (χ1) is 24.1. The van der Waals surface area contributed by atoms with E-state index in [1.54, 1.807) is 0 Å². The molecule has 0 unspecified atom stereocenters. The van der Waals surface area contributed by atoms with Crippen molar-refractivity contribution in [2.45, 2.75) is 202 Å². The van der Waals surface area contributed by atoms with Crippen LogP contribution >= 0.6 is 0 Å². The Morgan fingerprint density at radius 3 is 1.47 bits per heavy atom. The largest absolute Gasteiger partial charge is 0.252 e. The van der Waals surface area contributed by atoms with E-state index in [2.05, 4.69) is 89.2 Å². The highest BCUT2D eigenvalue weighted by Gasteiger charge is 2.12. The Balaban J connectivity index is 1.92. The molecule has 0 aliphatic heterocycles. The second kappa shape index (κ2) is 29.3. The lowest BCUT2D eigenvalue weighted by Crippen LogP contribution is -2.14. The number of benzene rings is 2. The highest BCUT2D eigenvalue weighted by Crippen LogP contribution is 2.24. The van der Waals surface area contributed by atoms with E-state index in [-0.39, 0.29) is 0 Å². The summed E-state index contributed by atoms with van der Waals surface area (Å²) in [5, 5.41) is 0. The Morgan fingerprint density at radius 2 is 0.939 bits per heavy atom. The maximum Gasteiger partial charge on any atom is 0.0639 e. The van der Waals surface area contributed by atoms with E-state index in [9.17, 15) is 0 Å². The minimum absolute atomic E-state index is 0.986. The summed E-state index contributed by atoms with van der Waals surface area (Å²) in [5.74, 6) is 0. The van der Waals surface area contributed by atoms with Crippen molar-refractivity contribution in [2.24, 2.45) is 9.98 Å². The predicted molar refractivity (Wildman–Crippen MR) is 223 cm³/mol. The monoisotopic (exact) mass is 669 g/mol. The molecular formula is C47H76N2. The lowest BCUT2D eigenvalue weighted by atomic mass is 10.0. The van der Waals surface area contributed by atoms with Crippen molar-refractivity contribution in [3.8, 4) is 0 Å². The summed E-state index contributed by atoms with van der Waals surface area (Å²) < 4.78 is 0. The minimum atomic E-state index is 0.986. The van der Waals surface area contributed by atoms with E-state index in [1.807, 2.05) is 0 Å². The summed E-state index contributed by atoms with van der Waals surface area (Å²) in [6, 6.07) is 15.7. The second-order valence-electron chi connectivity index (χ2n) is 14.5. The van der Waals surface area contributed by atoms with Gasteiger partial charge in [-0.25, -0.2) is 0 Å². The Hall–Kier alpha value is -2.48. The molecule has 0 aromatic heterocycles. The molecule has 0 heterocycles. The first-order valence-electron chi connectivity index (χ1n) is 21.2. The van der Waals surface area contributed by atoms with Crippen molar-refractivity contribution < 1.29 is 0 Å². The van der Waals surface area contributed by atoms with Crippen LogP contribution in [0.15, 0.2) is 58.5 Å². The molecule has 274 valence electrons. The molecule has 0 bridgehead atoms. The average molecular weight is 669 g/mol. The van der Waals surface area contributed by atoms with Crippen LogP contribution in [0.3, 0.4) is 0 Å². The smallest absolute Gasteiger partial charge is 0.0639 e. The molecule has 0 spiro atoms. The highest BCUT2D eigenvalue weighted by molar-refractivity contribution is 6.43. The standard InChI is InChI=1S/C47H76N2/c1-6-11-14-16-17-18-19-20-21-22-23-24-25-26-27-28-29-32-43-33-31-34-44(40-43)48-47(36-30-15-12-7-2)46(35-13-8-3)49-45-38-41(9-4)37-42(10-5)39-45/h29,31-34,37-40H,6-28,30,35-36H2,1-5H3. The fourth-order valence-electron chi connectivity index (χ4n) is 6.67. The van der Waals surface area contributed by atoms with Gasteiger partial charge in [0.1, 0.15) is 0 Å². The van der Waals surface area contributed by atoms with Gasteiger partial charge in [0.25, 0.3) is 0 Å². The van der Waals surface area contributed by atoms with Crippen LogP contribution in [0.2, 0.25) is 0 Å². The van der Waals surface area contributed by atoms with E-state index < -0.39 is 0 Å². The van der Waals surface area contributed by atoms with Gasteiger partial charge in [-0.1, -0.05) is 181 Å². The Bertz CT molecular complexity index is 1160. The van der Waals surface area contributed by atoms with Gasteiger partial charge >= 0.3 is 0 Å². The molecule has 0 fully saturated rings. The molecule has 49 heavy (non-hydrogen) atoms. The number of aryl methyl sites for hydroxylation is 2. The SMILES string of the molecule is CCCCCCCCCCCCCCCCCC=Cc1cccc(N=C(CCCCCC)C(CCCC)=Nc2cc(CC)cc(CC)c2)c1. The van der Waals surface area contributed by atoms with Crippen LogP contribution in [-0.4, -0.2) is 11.4 Å². The van der Waals surface area contributed by atoms with Crippen LogP contribution in [0.5, 0.6) is 0 Å². The summed E-state index contributed by atoms with van der Waals surface area (Å²) in [6.45, 7) is 11.3. The van der Waals surface area contributed by atoms with Gasteiger partial charge in [-0.05, 0) is 92.3 Å². The second-order valence-corrected chi connectivity index (χ2v) is 14.5. The van der Waals surface area contributed by atoms with Crippen molar-refractivity contribution >= 4 is 28.9 Å². The fourth-order valence-corrected chi connectivity index (χ4v) is 6.67. The van der Waals surface area contributed by atoms with Crippen LogP contribution in [-0.2, 0) is 12.8 Å². The Morgan fingerprint density at radius 1 is 0.469 bits per heavy atom. The third-order valence-corrected chi connectivity index (χ3v) is 9.90. The lowest BCUT2D eigenvalue weighted by Gasteiger charge is -2.13. The van der Waals surface area contributed by atoms with Gasteiger partial charge in [0.15, 0.2) is 0 Å². The van der Waals surface area contributed by atoms with Gasteiger partial charge in [0.2, 0.25) is 0 Å². The van der Waals surface area contributed by atoms with E-state index in [0.717, 1.165) is 49.9 Å². The van der Waals surface area contributed by atoms with E-state index in [0.29, 0.717) is 0 Å². The number of hydrogen-bond donors (Lipinski definition) is 0. The molecule has 0 atom stereocenters. The predicted octanol–water partition coefficient (Wildman–Crippen LogP) is 16.1. The van der Waals surface area contributed by atoms with E-state index in [4.69, 9.17) is 9.98 Å². The number of unbranched alkanes of at least 4 members (excludes halogenated alkanes) is 19. The number of rotatable bonds is 30. The first kappa shape index (κ1) is 42.7. The fraction of sp³-hybridized carbons (Fsp3) is 0.660. The minimum Gasteiger partial charge on any atom is -0.252 e. The van der Waals surface area contributed by atoms with Crippen molar-refractivity contribution in [2.75, 3.05) is 0 Å². The molecule has 0 amide bonds. The summed E-state index contributed by atoms with van der Waals surface area (Å²) in [5.41, 5.74) is 8.52. The van der Waals surface area contributed by atoms with Gasteiger partial charge in [-0.2, -0.15) is 0 Å². The van der Waals surface area contributed by atoms with Gasteiger partial charge in [0, 0.05) is 0 Å². The van der Waals surface area contributed by atoms with Gasteiger partial charge < -0.3 is 0 Å². The van der Waals surface area contributed by atoms with Crippen LogP contribution in [0.1, 0.15) is 205 Å². The summed E-state index contributed by atoms with van der Waals surface area (Å²) in [4.78, 5) is 10.7. The van der Waals surface area contributed by atoms with E-state index in [1.165, 1.54) is 157 Å². The summed E-state index contributed by atoms with van der Waals surface area (Å²) in [7, 11) is 0. The zero-order valence-electron chi connectivity index (χ0n) is 33.0. The van der Waals surface area contributed by atoms with Crippen molar-refractivity contribution in [3.05, 3.63) is 65.2 Å². The zero-order valence-corrected chi connectivity index (χ0v) is 33.0. The lowest BCUT2D eigenvalue weighted by molar-refractivity contribution is 0.533. The van der Waals surface area contributed by atoms with E-state index >= 15 is 0 Å². The van der Waals surface area contributed by atoms with Gasteiger partial charge in [-0.3, -0.25) is 9.98 Å². The quantitative estimate of drug-likeness (QED) is 0.0585. The molecule has 0 saturated carbocycles. The molecule has 0 radical (unpaired) electrons. The third kappa shape index (κ3) is 20.7. The maximum atomic E-state index is 5.33. The van der Waals surface area contributed by atoms with Crippen LogP contribution in [0.25, 0.3) is 6.08 Å². The van der Waals surface area contributed by atoms with Crippen molar-refractivity contribution in [1.82, 2.24) is 0 Å². The normalized spacial score (nSPS) is 12.4. The van der Waals surface area contributed by atoms with Crippen molar-refractivity contribution in [3.63, 3.8) is 0 Å². The summed E-state index contributed by atoms with van der Waals surface area (Å²) >= 11 is 0. The Labute approximate surface area is 304 Å². The molecular weight excluding hydrogens is 593 g/mol. The molecule has 2 heteroatoms. The Kier molecular flexibility index (Phi) is 25.5. The molecule has 2 aromatic carbocycles. The topological polar surface area (TPSA) is 24.7 Å². The maximum absolute atomic E-state index is 5.33. The number of hydrogen-bond acceptors (Lipinski definition) is 2. The third-order valence-electron chi connectivity index (χ3n) is 9.90. The van der Waals surface area contributed by atoms with Gasteiger partial charge in [-0.15, -0.1) is 0 Å². The number of allylic oxidation sites excluding steroid dienone is 1. The molecule has 0 aliphatic rings. The first-order valence-corrected chi connectivity index (χ1v) is 21.2. The molecule has 2 rings (SSSR count).